The van der Waals surface area contributed by atoms with Crippen LogP contribution in [-0.4, -0.2) is 38.9 Å². The topological polar surface area (TPSA) is 51.0 Å². The fourth-order valence-electron chi connectivity index (χ4n) is 4.07. The van der Waals surface area contributed by atoms with Crippen LogP contribution < -0.4 is 0 Å². The molecule has 0 aliphatic carbocycles. The molecule has 1 aliphatic rings. The van der Waals surface area contributed by atoms with Crippen molar-refractivity contribution in [2.24, 2.45) is 0 Å². The lowest BCUT2D eigenvalue weighted by atomic mass is 10.0. The van der Waals surface area contributed by atoms with Crippen LogP contribution in [0.1, 0.15) is 28.4 Å². The Bertz CT molecular complexity index is 1180. The molecule has 0 spiro atoms. The second kappa shape index (κ2) is 8.19. The predicted octanol–water partition coefficient (Wildman–Crippen LogP) is 5.01. The van der Waals surface area contributed by atoms with Crippen molar-refractivity contribution in [2.75, 3.05) is 13.1 Å². The standard InChI is InChI=1S/C26H24N4O/c1-19-7-9-20(10-8-19)21-11-13-23(14-12-21)26(31)29-16-15-24(17-29)30-18-25(27-28-30)22-5-3-2-4-6-22/h2-14,18,24H,15-17H2,1H3. The SMILES string of the molecule is Cc1ccc(-c2ccc(C(=O)N3CCC(n4cc(-c5ccccc5)nn4)C3)cc2)cc1. The highest BCUT2D eigenvalue weighted by molar-refractivity contribution is 5.95. The summed E-state index contributed by atoms with van der Waals surface area (Å²) in [6.45, 7) is 3.45. The average molecular weight is 409 g/mol. The number of aromatic nitrogens is 3. The molecular weight excluding hydrogens is 384 g/mol. The van der Waals surface area contributed by atoms with Gasteiger partial charge in [0.05, 0.1) is 12.2 Å². The van der Waals surface area contributed by atoms with E-state index in [4.69, 9.17) is 0 Å². The molecule has 31 heavy (non-hydrogen) atoms. The Hall–Kier alpha value is -3.73. The van der Waals surface area contributed by atoms with Crippen LogP contribution in [0, 0.1) is 6.92 Å². The first-order valence-corrected chi connectivity index (χ1v) is 10.6. The van der Waals surface area contributed by atoms with E-state index in [1.165, 1.54) is 5.56 Å². The maximum Gasteiger partial charge on any atom is 0.253 e. The summed E-state index contributed by atoms with van der Waals surface area (Å²) in [6, 6.07) is 26.5. The van der Waals surface area contributed by atoms with E-state index >= 15 is 0 Å². The molecule has 0 bridgehead atoms. The Labute approximate surface area is 182 Å². The van der Waals surface area contributed by atoms with Gasteiger partial charge in [0, 0.05) is 24.2 Å². The molecule has 1 atom stereocenters. The van der Waals surface area contributed by atoms with E-state index < -0.39 is 0 Å². The normalized spacial score (nSPS) is 15.9. The lowest BCUT2D eigenvalue weighted by molar-refractivity contribution is 0.0787. The van der Waals surface area contributed by atoms with E-state index in [9.17, 15) is 4.79 Å². The average Bonchev–Trinajstić information content (AvgIpc) is 3.50. The highest BCUT2D eigenvalue weighted by Gasteiger charge is 2.29. The summed E-state index contributed by atoms with van der Waals surface area (Å²) in [5.41, 5.74) is 6.14. The molecule has 3 aromatic carbocycles. The van der Waals surface area contributed by atoms with E-state index in [-0.39, 0.29) is 11.9 Å². The first-order valence-electron chi connectivity index (χ1n) is 10.6. The Balaban J connectivity index is 1.26. The molecule has 5 heteroatoms. The molecule has 1 aromatic heterocycles. The van der Waals surface area contributed by atoms with Crippen molar-refractivity contribution in [3.05, 3.63) is 96.2 Å². The molecule has 5 nitrogen and oxygen atoms in total. The van der Waals surface area contributed by atoms with Crippen LogP contribution in [0.25, 0.3) is 22.4 Å². The maximum absolute atomic E-state index is 13.0. The third-order valence-corrected chi connectivity index (χ3v) is 5.92. The maximum atomic E-state index is 13.0. The Morgan fingerprint density at radius 3 is 2.26 bits per heavy atom. The third-order valence-electron chi connectivity index (χ3n) is 5.92. The van der Waals surface area contributed by atoms with Gasteiger partial charge in [0.25, 0.3) is 5.91 Å². The van der Waals surface area contributed by atoms with Gasteiger partial charge in [0.1, 0.15) is 5.69 Å². The van der Waals surface area contributed by atoms with Crippen LogP contribution in [-0.2, 0) is 0 Å². The van der Waals surface area contributed by atoms with E-state index in [0.717, 1.165) is 40.9 Å². The second-order valence-corrected chi connectivity index (χ2v) is 8.09. The van der Waals surface area contributed by atoms with E-state index in [2.05, 4.69) is 41.5 Å². The largest absolute Gasteiger partial charge is 0.336 e. The van der Waals surface area contributed by atoms with Crippen molar-refractivity contribution in [3.63, 3.8) is 0 Å². The highest BCUT2D eigenvalue weighted by atomic mass is 16.2. The number of hydrogen-bond acceptors (Lipinski definition) is 3. The first kappa shape index (κ1) is 19.2. The smallest absolute Gasteiger partial charge is 0.253 e. The van der Waals surface area contributed by atoms with E-state index in [0.29, 0.717) is 6.54 Å². The molecular formula is C26H24N4O. The molecule has 0 radical (unpaired) electrons. The van der Waals surface area contributed by atoms with Gasteiger partial charge in [-0.05, 0) is 36.6 Å². The lowest BCUT2D eigenvalue weighted by Crippen LogP contribution is -2.29. The van der Waals surface area contributed by atoms with Crippen LogP contribution in [0.3, 0.4) is 0 Å². The van der Waals surface area contributed by atoms with Gasteiger partial charge in [-0.1, -0.05) is 77.5 Å². The van der Waals surface area contributed by atoms with Gasteiger partial charge < -0.3 is 4.90 Å². The summed E-state index contributed by atoms with van der Waals surface area (Å²) in [5, 5.41) is 8.63. The molecule has 4 aromatic rings. The molecule has 1 amide bonds. The monoisotopic (exact) mass is 408 g/mol. The number of hydrogen-bond donors (Lipinski definition) is 0. The van der Waals surface area contributed by atoms with Crippen molar-refractivity contribution in [1.29, 1.82) is 0 Å². The highest BCUT2D eigenvalue weighted by Crippen LogP contribution is 2.26. The van der Waals surface area contributed by atoms with Crippen molar-refractivity contribution >= 4 is 5.91 Å². The van der Waals surface area contributed by atoms with Gasteiger partial charge >= 0.3 is 0 Å². The van der Waals surface area contributed by atoms with Crippen LogP contribution >= 0.6 is 0 Å². The van der Waals surface area contributed by atoms with Gasteiger partial charge in [-0.15, -0.1) is 5.10 Å². The van der Waals surface area contributed by atoms with Crippen molar-refractivity contribution < 1.29 is 4.79 Å². The number of rotatable bonds is 4. The fourth-order valence-corrected chi connectivity index (χ4v) is 4.07. The Kier molecular flexibility index (Phi) is 5.08. The first-order chi connectivity index (χ1) is 15.2. The van der Waals surface area contributed by atoms with Crippen molar-refractivity contribution in [3.8, 4) is 22.4 Å². The predicted molar refractivity (Wildman–Crippen MR) is 122 cm³/mol. The molecule has 154 valence electrons. The number of nitrogens with zero attached hydrogens (tertiary/aromatic N) is 4. The molecule has 1 aliphatic heterocycles. The molecule has 1 fully saturated rings. The number of amides is 1. The second-order valence-electron chi connectivity index (χ2n) is 8.09. The van der Waals surface area contributed by atoms with Gasteiger partial charge in [-0.25, -0.2) is 4.68 Å². The Morgan fingerprint density at radius 1 is 0.871 bits per heavy atom. The number of aryl methyl sites for hydroxylation is 1. The quantitative estimate of drug-likeness (QED) is 0.477. The number of likely N-dealkylation sites (tertiary alicyclic amines) is 1. The molecule has 5 rings (SSSR count). The summed E-state index contributed by atoms with van der Waals surface area (Å²) in [4.78, 5) is 14.9. The molecule has 1 saturated heterocycles. The van der Waals surface area contributed by atoms with Crippen LogP contribution in [0.2, 0.25) is 0 Å². The van der Waals surface area contributed by atoms with E-state index in [1.807, 2.05) is 70.4 Å². The summed E-state index contributed by atoms with van der Waals surface area (Å²) in [7, 11) is 0. The summed E-state index contributed by atoms with van der Waals surface area (Å²) in [5.74, 6) is 0.0707. The van der Waals surface area contributed by atoms with Gasteiger partial charge in [0.2, 0.25) is 0 Å². The lowest BCUT2D eigenvalue weighted by Gasteiger charge is -2.17. The van der Waals surface area contributed by atoms with Crippen molar-refractivity contribution in [1.82, 2.24) is 19.9 Å². The van der Waals surface area contributed by atoms with Crippen molar-refractivity contribution in [2.45, 2.75) is 19.4 Å². The van der Waals surface area contributed by atoms with Gasteiger partial charge in [-0.3, -0.25) is 4.79 Å². The molecule has 0 saturated carbocycles. The molecule has 1 unspecified atom stereocenters. The van der Waals surface area contributed by atoms with E-state index in [1.54, 1.807) is 0 Å². The van der Waals surface area contributed by atoms with Crippen LogP contribution in [0.5, 0.6) is 0 Å². The fraction of sp³-hybridized carbons (Fsp3) is 0.192. The van der Waals surface area contributed by atoms with Crippen LogP contribution in [0.4, 0.5) is 0 Å². The zero-order chi connectivity index (χ0) is 21.2. The van der Waals surface area contributed by atoms with Gasteiger partial charge in [0.15, 0.2) is 0 Å². The van der Waals surface area contributed by atoms with Crippen LogP contribution in [0.15, 0.2) is 85.1 Å². The van der Waals surface area contributed by atoms with Gasteiger partial charge in [-0.2, -0.15) is 0 Å². The summed E-state index contributed by atoms with van der Waals surface area (Å²) in [6.07, 6.45) is 2.86. The summed E-state index contributed by atoms with van der Waals surface area (Å²) >= 11 is 0. The minimum atomic E-state index is 0.0707. The zero-order valence-electron chi connectivity index (χ0n) is 17.5. The minimum absolute atomic E-state index is 0.0707. The molecule has 2 heterocycles. The number of carbonyl (C=O) groups is 1. The molecule has 0 N–H and O–H groups in total. The Morgan fingerprint density at radius 2 is 1.55 bits per heavy atom. The third kappa shape index (κ3) is 3.99. The number of benzene rings is 3. The summed E-state index contributed by atoms with van der Waals surface area (Å²) < 4.78 is 1.90. The minimum Gasteiger partial charge on any atom is -0.336 e. The number of carbonyl (C=O) groups excluding carboxylic acids is 1. The zero-order valence-corrected chi connectivity index (χ0v) is 17.5.